The Bertz CT molecular complexity index is 2280. The Morgan fingerprint density at radius 2 is 1.68 bits per heavy atom. The van der Waals surface area contributed by atoms with E-state index in [1.54, 1.807) is 31.3 Å². The average molecular weight is 746 g/mol. The lowest BCUT2D eigenvalue weighted by molar-refractivity contribution is -0.123. The van der Waals surface area contributed by atoms with Crippen molar-refractivity contribution < 1.29 is 45.0 Å². The van der Waals surface area contributed by atoms with E-state index in [0.717, 1.165) is 12.1 Å². The first-order valence-corrected chi connectivity index (χ1v) is 16.1. The molecule has 53 heavy (non-hydrogen) atoms. The number of hydrogen-bond donors (Lipinski definition) is 3. The van der Waals surface area contributed by atoms with Crippen molar-refractivity contribution in [1.82, 2.24) is 29.9 Å². The smallest absolute Gasteiger partial charge is 0.290 e. The van der Waals surface area contributed by atoms with Crippen molar-refractivity contribution in [1.29, 1.82) is 0 Å². The van der Waals surface area contributed by atoms with Gasteiger partial charge in [0.2, 0.25) is 5.91 Å². The number of aliphatic hydroxyl groups is 1. The average Bonchev–Trinajstić information content (AvgIpc) is 3.59. The molecule has 0 saturated carbocycles. The molecule has 1 aliphatic rings. The number of pyridine rings is 1. The maximum absolute atomic E-state index is 15.1. The van der Waals surface area contributed by atoms with Gasteiger partial charge in [-0.2, -0.15) is 19.0 Å². The minimum Gasteiger partial charge on any atom is -0.382 e. The van der Waals surface area contributed by atoms with E-state index in [0.29, 0.717) is 28.1 Å². The van der Waals surface area contributed by atoms with Crippen molar-refractivity contribution in [3.8, 4) is 23.0 Å². The molecule has 0 spiro atoms. The summed E-state index contributed by atoms with van der Waals surface area (Å²) in [5.41, 5.74) is 1.42. The summed E-state index contributed by atoms with van der Waals surface area (Å²) in [6.45, 7) is 1.64. The van der Waals surface area contributed by atoms with E-state index in [1.165, 1.54) is 24.6 Å². The lowest BCUT2D eigenvalue weighted by Crippen LogP contribution is -2.37. The number of aryl methyl sites for hydroxylation is 1. The number of anilines is 1. The van der Waals surface area contributed by atoms with Crippen LogP contribution in [0.3, 0.4) is 0 Å². The van der Waals surface area contributed by atoms with Gasteiger partial charge in [-0.1, -0.05) is 18.1 Å². The van der Waals surface area contributed by atoms with Gasteiger partial charge in [0.1, 0.15) is 40.9 Å². The molecule has 0 aliphatic heterocycles. The molecule has 3 heterocycles. The summed E-state index contributed by atoms with van der Waals surface area (Å²) in [4.78, 5) is 18.4. The van der Waals surface area contributed by atoms with Crippen LogP contribution in [0.4, 0.5) is 40.9 Å². The molecule has 0 saturated heterocycles. The number of nitrogen functional groups attached to an aromatic ring is 1. The fraction of sp³-hybridized carbons (Fsp3) is 0.333. The number of amides is 1. The molecule has 1 aliphatic carbocycles. The van der Waals surface area contributed by atoms with Crippen LogP contribution in [0.1, 0.15) is 73.1 Å². The summed E-state index contributed by atoms with van der Waals surface area (Å²) >= 11 is 0. The van der Waals surface area contributed by atoms with Crippen LogP contribution >= 0.6 is 0 Å². The lowest BCUT2D eigenvalue weighted by Gasteiger charge is -2.29. The molecule has 278 valence electrons. The molecule has 1 atom stereocenters. The number of nitrogens with zero attached hydrogens (tertiary/aromatic N) is 5. The summed E-state index contributed by atoms with van der Waals surface area (Å²) in [6, 6.07) is 9.43. The van der Waals surface area contributed by atoms with Crippen molar-refractivity contribution >= 4 is 22.6 Å². The Kier molecular flexibility index (Phi) is 9.48. The van der Waals surface area contributed by atoms with Crippen LogP contribution in [0.5, 0.6) is 0 Å². The zero-order valence-electron chi connectivity index (χ0n) is 28.3. The van der Waals surface area contributed by atoms with E-state index in [2.05, 4.69) is 32.3 Å². The Hall–Kier alpha value is -5.50. The van der Waals surface area contributed by atoms with E-state index in [9.17, 15) is 36.2 Å². The van der Waals surface area contributed by atoms with Crippen molar-refractivity contribution in [3.05, 3.63) is 94.1 Å². The number of fused-ring (bicyclic) bond motifs is 2. The fourth-order valence-electron chi connectivity index (χ4n) is 6.43. The molecular weight excluding hydrogens is 714 g/mol. The van der Waals surface area contributed by atoms with Crippen LogP contribution in [-0.2, 0) is 36.7 Å². The highest BCUT2D eigenvalue weighted by molar-refractivity contribution is 6.00. The zero-order valence-corrected chi connectivity index (χ0v) is 28.3. The summed E-state index contributed by atoms with van der Waals surface area (Å²) < 4.78 is 118. The molecule has 17 heteroatoms. The van der Waals surface area contributed by atoms with Crippen molar-refractivity contribution in [2.75, 3.05) is 5.73 Å². The Morgan fingerprint density at radius 3 is 2.34 bits per heavy atom. The van der Waals surface area contributed by atoms with Gasteiger partial charge in [0.25, 0.3) is 18.3 Å². The molecule has 2 aromatic carbocycles. The highest BCUT2D eigenvalue weighted by Gasteiger charge is 2.55. The fourth-order valence-corrected chi connectivity index (χ4v) is 6.43. The predicted octanol–water partition coefficient (Wildman–Crippen LogP) is 6.83. The van der Waals surface area contributed by atoms with Gasteiger partial charge in [0, 0.05) is 42.5 Å². The molecule has 0 radical (unpaired) electrons. The van der Waals surface area contributed by atoms with E-state index in [4.69, 9.17) is 5.73 Å². The summed E-state index contributed by atoms with van der Waals surface area (Å²) in [6.07, 6.45) is -6.83. The first-order valence-electron chi connectivity index (χ1n) is 16.1. The molecule has 4 N–H and O–H groups in total. The molecule has 5 aromatic rings. The third-order valence-corrected chi connectivity index (χ3v) is 8.58. The second-order valence-corrected chi connectivity index (χ2v) is 13.2. The van der Waals surface area contributed by atoms with Crippen LogP contribution in [0.25, 0.3) is 22.0 Å². The number of carbonyl (C=O) groups excluding carboxylic acids is 1. The highest BCUT2D eigenvalue weighted by Crippen LogP contribution is 2.52. The van der Waals surface area contributed by atoms with Gasteiger partial charge in [-0.3, -0.25) is 14.2 Å². The molecular formula is C36H31F8N7O2. The third-order valence-electron chi connectivity index (χ3n) is 8.58. The van der Waals surface area contributed by atoms with E-state index >= 15 is 8.78 Å². The number of benzene rings is 2. The minimum absolute atomic E-state index is 0.0131. The molecule has 1 unspecified atom stereocenters. The topological polar surface area (TPSA) is 124 Å². The van der Waals surface area contributed by atoms with Gasteiger partial charge in [0.15, 0.2) is 5.82 Å². The molecule has 6 rings (SSSR count). The third kappa shape index (κ3) is 7.54. The van der Waals surface area contributed by atoms with Crippen LogP contribution in [0.15, 0.2) is 48.5 Å². The number of para-hydroxylation sites is 1. The largest absolute Gasteiger partial charge is 0.382 e. The number of rotatable bonds is 8. The van der Waals surface area contributed by atoms with E-state index in [-0.39, 0.29) is 33.9 Å². The lowest BCUT2D eigenvalue weighted by atomic mass is 9.89. The second-order valence-electron chi connectivity index (χ2n) is 13.2. The number of carbonyl (C=O) groups is 1. The molecule has 3 aromatic heterocycles. The number of halogens is 8. The number of alkyl halides is 6. The normalized spacial score (nSPS) is 15.6. The van der Waals surface area contributed by atoms with Crippen LogP contribution in [0.2, 0.25) is 0 Å². The highest BCUT2D eigenvalue weighted by atomic mass is 19.3. The number of hydrogen-bond acceptors (Lipinski definition) is 6. The SMILES string of the molecule is Cn1nc(N)c2cccc(-c3ccc(C#CC(C)(C)O)nc3C(Cc3cc(F)cc(F)c3)NC(=O)Cn3nc(C(F)F)c4c3C(F)(F)CCC4(F)F)c21. The van der Waals surface area contributed by atoms with Crippen LogP contribution < -0.4 is 11.1 Å². The number of nitrogens with one attached hydrogen (secondary N) is 1. The maximum atomic E-state index is 15.1. The van der Waals surface area contributed by atoms with Gasteiger partial charge in [-0.05, 0) is 62.1 Å². The summed E-state index contributed by atoms with van der Waals surface area (Å²) in [7, 11) is 1.63. The van der Waals surface area contributed by atoms with Crippen molar-refractivity contribution in [3.63, 3.8) is 0 Å². The Labute approximate surface area is 296 Å². The zero-order chi connectivity index (χ0) is 38.6. The van der Waals surface area contributed by atoms with Gasteiger partial charge >= 0.3 is 0 Å². The predicted molar refractivity (Wildman–Crippen MR) is 177 cm³/mol. The van der Waals surface area contributed by atoms with Crippen molar-refractivity contribution in [2.45, 2.75) is 69.6 Å². The van der Waals surface area contributed by atoms with Gasteiger partial charge in [-0.25, -0.2) is 31.3 Å². The molecule has 1 amide bonds. The van der Waals surface area contributed by atoms with E-state index in [1.807, 2.05) is 0 Å². The van der Waals surface area contributed by atoms with Crippen molar-refractivity contribution in [2.24, 2.45) is 7.05 Å². The summed E-state index contributed by atoms with van der Waals surface area (Å²) in [5, 5.41) is 21.0. The Balaban J connectivity index is 1.51. The number of aromatic nitrogens is 5. The Morgan fingerprint density at radius 1 is 1.00 bits per heavy atom. The van der Waals surface area contributed by atoms with Gasteiger partial charge < -0.3 is 16.2 Å². The maximum Gasteiger partial charge on any atom is 0.290 e. The monoisotopic (exact) mass is 745 g/mol. The minimum atomic E-state index is -4.07. The molecule has 0 fully saturated rings. The first kappa shape index (κ1) is 37.3. The first-order chi connectivity index (χ1) is 24.7. The summed E-state index contributed by atoms with van der Waals surface area (Å²) in [5.74, 6) is -5.62. The molecule has 0 bridgehead atoms. The van der Waals surface area contributed by atoms with Gasteiger partial charge in [0.05, 0.1) is 22.8 Å². The van der Waals surface area contributed by atoms with E-state index < -0.39 is 83.8 Å². The molecule has 9 nitrogen and oxygen atoms in total. The van der Waals surface area contributed by atoms with Crippen LogP contribution in [0, 0.1) is 23.5 Å². The van der Waals surface area contributed by atoms with Gasteiger partial charge in [-0.15, -0.1) is 0 Å². The second kappa shape index (κ2) is 13.5. The standard InChI is InChI=1S/C36H31F8N7O2/c1-34(2,53)10-9-21-7-8-22(23-5-4-6-24-30(23)50(3)49-33(24)45)28(46-21)25(15-18-13-19(37)16-20(38)14-18)47-26(52)17-51-31-27(29(48-51)32(39)40)35(41,42)11-12-36(31,43)44/h4-8,13-14,16,25,32,53H,11-12,15,17H2,1-3H3,(H2,45,49)(H,47,52). The quantitative estimate of drug-likeness (QED) is 0.118. The van der Waals surface area contributed by atoms with Crippen LogP contribution in [-0.4, -0.2) is 41.2 Å². The number of nitrogens with two attached hydrogens (primary N) is 1.